The third-order valence-electron chi connectivity index (χ3n) is 9.37. The number of nitrogens with one attached hydrogen (secondary N) is 2. The highest BCUT2D eigenvalue weighted by atomic mass is 35.5. The van der Waals surface area contributed by atoms with Crippen LogP contribution in [-0.2, 0) is 0 Å². The summed E-state index contributed by atoms with van der Waals surface area (Å²) in [6.07, 6.45) is 9.79. The van der Waals surface area contributed by atoms with Gasteiger partial charge in [-0.05, 0) is 67.5 Å². The second kappa shape index (κ2) is 18.4. The number of nitrogens with zero attached hydrogens (tertiary/aromatic N) is 5. The summed E-state index contributed by atoms with van der Waals surface area (Å²) in [6, 6.07) is 21.6. The van der Waals surface area contributed by atoms with Crippen LogP contribution in [0.25, 0.3) is 33.5 Å². The highest BCUT2D eigenvalue weighted by molar-refractivity contribution is 7.13. The molecule has 1 saturated carbocycles. The lowest BCUT2D eigenvalue weighted by molar-refractivity contribution is -0.495. The van der Waals surface area contributed by atoms with Crippen molar-refractivity contribution < 1.29 is 47.6 Å². The zero-order valence-electron chi connectivity index (χ0n) is 30.7. The molecule has 290 valence electrons. The third kappa shape index (κ3) is 8.48. The number of anilines is 4. The summed E-state index contributed by atoms with van der Waals surface area (Å²) in [7, 11) is 0. The van der Waals surface area contributed by atoms with Crippen molar-refractivity contribution in [2.45, 2.75) is 65.8 Å². The first kappa shape index (κ1) is 43.1. The van der Waals surface area contributed by atoms with Crippen molar-refractivity contribution in [1.29, 1.82) is 0 Å². The maximum Gasteiger partial charge on any atom is 0.342 e. The SMILES string of the molecule is CC(=O)n1c(-c2ccco2)c(NC2CCCCC2)[n+]2ccccc12.CC(=O)n1c(-c2cccs2)c(Nc2c(C)cccc2C)[n+]2c(N)cc(Cl)nc12.Cl.[Cl-].[Cl-]. The molecule has 55 heavy (non-hydrogen) atoms. The number of para-hydroxylation sites is 1. The molecule has 1 aliphatic rings. The van der Waals surface area contributed by atoms with E-state index in [1.807, 2.05) is 90.5 Å². The molecule has 7 aromatic rings. The second-order valence-corrected chi connectivity index (χ2v) is 14.3. The van der Waals surface area contributed by atoms with Gasteiger partial charge in [0.15, 0.2) is 22.4 Å². The van der Waals surface area contributed by atoms with Gasteiger partial charge in [0.1, 0.15) is 0 Å². The maximum absolute atomic E-state index is 12.6. The number of hydrogen-bond acceptors (Lipinski definition) is 8. The van der Waals surface area contributed by atoms with Gasteiger partial charge in [-0.25, -0.2) is 4.40 Å². The summed E-state index contributed by atoms with van der Waals surface area (Å²) < 4.78 is 12.7. The molecule has 11 nitrogen and oxygen atoms in total. The predicted octanol–water partition coefficient (Wildman–Crippen LogP) is 2.93. The molecule has 0 radical (unpaired) electrons. The minimum absolute atomic E-state index is 0. The number of thiophene rings is 1. The molecule has 4 N–H and O–H groups in total. The molecule has 8 rings (SSSR count). The summed E-state index contributed by atoms with van der Waals surface area (Å²) in [5, 5.41) is 9.39. The van der Waals surface area contributed by atoms with Crippen LogP contribution in [0.2, 0.25) is 5.15 Å². The fourth-order valence-corrected chi connectivity index (χ4v) is 7.98. The molecule has 0 bridgehead atoms. The number of aryl methyl sites for hydroxylation is 2. The topological polar surface area (TPSA) is 128 Å². The standard InChI is InChI=1S/C20H18ClN5OS.C19H22N3O2.3ClH/c1-11-6-4-7-12(2)17(11)24-19-18(14-8-5-9-28-14)25(13(3)27)20-23-15(21)10-16(22)26(19)20;1-14(23)22-17-11-5-6-12-21(17)19(18(22)16-10-7-13-24-16)20-15-8-3-2-4-9-15;;;/h4-10,22,24H,1-3H3;5-7,10-13,15,20H,2-4,8-9H2,1H3;3*1H/q;+1;;;/p-1. The first-order valence-corrected chi connectivity index (χ1v) is 18.6. The largest absolute Gasteiger partial charge is 1.00 e. The van der Waals surface area contributed by atoms with E-state index in [-0.39, 0.29) is 54.2 Å². The van der Waals surface area contributed by atoms with Crippen LogP contribution in [0.3, 0.4) is 0 Å². The molecule has 0 spiro atoms. The quantitative estimate of drug-likeness (QED) is 0.174. The number of imidazole rings is 2. The van der Waals surface area contributed by atoms with E-state index in [2.05, 4.69) is 15.6 Å². The summed E-state index contributed by atoms with van der Waals surface area (Å²) in [5.74, 6) is 2.86. The van der Waals surface area contributed by atoms with Crippen LogP contribution in [0.5, 0.6) is 0 Å². The molecular formula is C39H42Cl4N8O3S. The number of furan rings is 1. The van der Waals surface area contributed by atoms with Crippen molar-refractivity contribution in [3.63, 3.8) is 0 Å². The van der Waals surface area contributed by atoms with Crippen LogP contribution in [0.15, 0.2) is 89.0 Å². The van der Waals surface area contributed by atoms with Gasteiger partial charge in [0.2, 0.25) is 17.2 Å². The first-order valence-electron chi connectivity index (χ1n) is 17.3. The van der Waals surface area contributed by atoms with Gasteiger partial charge in [-0.2, -0.15) is 13.5 Å². The number of hydrogen-bond donors (Lipinski definition) is 3. The Morgan fingerprint density at radius 3 is 2.24 bits per heavy atom. The number of nitrogen functional groups attached to an aromatic ring is 1. The lowest BCUT2D eigenvalue weighted by Crippen LogP contribution is -3.00. The third-order valence-corrected chi connectivity index (χ3v) is 10.4. The summed E-state index contributed by atoms with van der Waals surface area (Å²) >= 11 is 7.69. The van der Waals surface area contributed by atoms with Crippen LogP contribution in [-0.4, -0.2) is 32.0 Å². The molecule has 1 aliphatic carbocycles. The zero-order chi connectivity index (χ0) is 36.5. The van der Waals surface area contributed by atoms with Crippen LogP contribution in [0, 0.1) is 13.8 Å². The Labute approximate surface area is 346 Å². The van der Waals surface area contributed by atoms with Crippen LogP contribution >= 0.6 is 35.3 Å². The molecular weight excluding hydrogens is 802 g/mol. The number of nitrogens with two attached hydrogens (primary N) is 1. The van der Waals surface area contributed by atoms with E-state index in [9.17, 15) is 9.59 Å². The van der Waals surface area contributed by atoms with E-state index in [1.54, 1.807) is 32.8 Å². The van der Waals surface area contributed by atoms with Crippen molar-refractivity contribution >= 4 is 81.7 Å². The number of fused-ring (bicyclic) bond motifs is 2. The Hall–Kier alpha value is -4.59. The number of benzene rings is 1. The molecule has 6 heterocycles. The lowest BCUT2D eigenvalue weighted by atomic mass is 9.95. The van der Waals surface area contributed by atoms with Crippen molar-refractivity contribution in [2.24, 2.45) is 0 Å². The molecule has 0 saturated heterocycles. The number of pyridine rings is 1. The number of carbonyl (C=O) groups is 2. The zero-order valence-corrected chi connectivity index (χ0v) is 34.6. The van der Waals surface area contributed by atoms with Gasteiger partial charge >= 0.3 is 5.78 Å². The average Bonchev–Trinajstić information content (AvgIpc) is 3.93. The summed E-state index contributed by atoms with van der Waals surface area (Å²) in [5.41, 5.74) is 11.8. The fraction of sp³-hybridized carbons (Fsp3) is 0.256. The van der Waals surface area contributed by atoms with E-state index in [0.29, 0.717) is 34.9 Å². The lowest BCUT2D eigenvalue weighted by Gasteiger charge is -2.20. The molecule has 0 atom stereocenters. The average molecular weight is 845 g/mol. The maximum atomic E-state index is 12.6. The fourth-order valence-electron chi connectivity index (χ4n) is 7.03. The number of rotatable bonds is 6. The summed E-state index contributed by atoms with van der Waals surface area (Å²) in [4.78, 5) is 30.3. The van der Waals surface area contributed by atoms with E-state index in [1.165, 1.54) is 37.5 Å². The van der Waals surface area contributed by atoms with Crippen molar-refractivity contribution in [1.82, 2.24) is 14.1 Å². The number of halogens is 4. The molecule has 6 aromatic heterocycles. The predicted molar refractivity (Wildman–Crippen MR) is 213 cm³/mol. The van der Waals surface area contributed by atoms with Crippen LogP contribution in [0.4, 0.5) is 23.1 Å². The molecule has 0 unspecified atom stereocenters. The highest BCUT2D eigenvalue weighted by Gasteiger charge is 2.33. The number of aromatic nitrogens is 5. The van der Waals surface area contributed by atoms with Crippen molar-refractivity contribution in [3.8, 4) is 22.0 Å². The monoisotopic (exact) mass is 842 g/mol. The van der Waals surface area contributed by atoms with Gasteiger partial charge in [0, 0.05) is 26.0 Å². The second-order valence-electron chi connectivity index (χ2n) is 13.0. The van der Waals surface area contributed by atoms with Crippen molar-refractivity contribution in [3.05, 3.63) is 101 Å². The molecule has 16 heteroatoms. The molecule has 0 aliphatic heterocycles. The smallest absolute Gasteiger partial charge is 0.342 e. The number of carbonyl (C=O) groups excluding carboxylic acids is 2. The molecule has 1 fully saturated rings. The van der Waals surface area contributed by atoms with Crippen molar-refractivity contribution in [2.75, 3.05) is 16.4 Å². The minimum atomic E-state index is -0.176. The highest BCUT2D eigenvalue weighted by Crippen LogP contribution is 2.36. The van der Waals surface area contributed by atoms with Crippen LogP contribution in [0.1, 0.15) is 66.7 Å². The van der Waals surface area contributed by atoms with Gasteiger partial charge < -0.3 is 35.0 Å². The van der Waals surface area contributed by atoms with E-state index in [0.717, 1.165) is 51.7 Å². The molecule has 1 aromatic carbocycles. The van der Waals surface area contributed by atoms with Gasteiger partial charge in [0.25, 0.3) is 17.6 Å². The Kier molecular flexibility index (Phi) is 14.4. The normalized spacial score (nSPS) is 12.5. The minimum Gasteiger partial charge on any atom is -1.00 e. The van der Waals surface area contributed by atoms with Gasteiger partial charge in [-0.1, -0.05) is 61.2 Å². The van der Waals surface area contributed by atoms with Gasteiger partial charge in [-0.15, -0.1) is 28.7 Å². The van der Waals surface area contributed by atoms with E-state index < -0.39 is 0 Å². The van der Waals surface area contributed by atoms with Gasteiger partial charge in [-0.3, -0.25) is 20.2 Å². The van der Waals surface area contributed by atoms with Gasteiger partial charge in [0.05, 0.1) is 29.1 Å². The van der Waals surface area contributed by atoms with E-state index in [4.69, 9.17) is 21.8 Å². The Bertz CT molecular complexity index is 2400. The van der Waals surface area contributed by atoms with Crippen LogP contribution < -0.4 is 50.0 Å². The Balaban J connectivity index is 0.000000234. The summed E-state index contributed by atoms with van der Waals surface area (Å²) in [6.45, 7) is 7.16. The first-order chi connectivity index (χ1) is 25.1. The van der Waals surface area contributed by atoms with E-state index >= 15 is 0 Å². The molecule has 0 amide bonds. The Morgan fingerprint density at radius 2 is 1.62 bits per heavy atom. The Morgan fingerprint density at radius 1 is 0.909 bits per heavy atom.